The maximum Gasteiger partial charge on any atom is 0.234 e. The number of thioether (sulfide) groups is 1. The van der Waals surface area contributed by atoms with Crippen molar-refractivity contribution in [3.05, 3.63) is 42.7 Å². The van der Waals surface area contributed by atoms with Gasteiger partial charge in [-0.2, -0.15) is 0 Å². The highest BCUT2D eigenvalue weighted by Crippen LogP contribution is 2.32. The van der Waals surface area contributed by atoms with Gasteiger partial charge in [0.15, 0.2) is 0 Å². The van der Waals surface area contributed by atoms with Crippen LogP contribution in [0.25, 0.3) is 21.9 Å². The summed E-state index contributed by atoms with van der Waals surface area (Å²) in [6.07, 6.45) is 1.50. The summed E-state index contributed by atoms with van der Waals surface area (Å²) >= 11 is 1.33. The predicted octanol–water partition coefficient (Wildman–Crippen LogP) is 3.87. The highest BCUT2D eigenvalue weighted by atomic mass is 32.2. The van der Waals surface area contributed by atoms with Gasteiger partial charge in [-0.15, -0.1) is 0 Å². The summed E-state index contributed by atoms with van der Waals surface area (Å²) < 4.78 is 15.8. The minimum atomic E-state index is -0.173. The van der Waals surface area contributed by atoms with Gasteiger partial charge in [0.2, 0.25) is 5.91 Å². The number of carbonyl (C=O) groups excluding carboxylic acids is 1. The van der Waals surface area contributed by atoms with Gasteiger partial charge in [-0.3, -0.25) is 4.79 Å². The fraction of sp³-hybridized carbons (Fsp3) is 0.190. The molecule has 2 heterocycles. The number of H-pyrrole nitrogens is 1. The molecule has 2 aromatic heterocycles. The molecule has 0 aliphatic rings. The molecule has 0 aliphatic carbocycles. The van der Waals surface area contributed by atoms with Crippen LogP contribution >= 0.6 is 11.8 Å². The van der Waals surface area contributed by atoms with Crippen molar-refractivity contribution in [1.29, 1.82) is 0 Å². The highest BCUT2D eigenvalue weighted by Gasteiger charge is 2.14. The number of methoxy groups -OCH3 is 3. The summed E-state index contributed by atoms with van der Waals surface area (Å²) in [6.45, 7) is 0. The zero-order chi connectivity index (χ0) is 21.1. The number of rotatable bonds is 7. The number of amides is 1. The number of carbonyl (C=O) groups is 1. The molecule has 0 aliphatic heterocycles. The van der Waals surface area contributed by atoms with Crippen LogP contribution in [0.1, 0.15) is 0 Å². The first-order valence-electron chi connectivity index (χ1n) is 9.08. The number of anilines is 1. The number of benzene rings is 2. The summed E-state index contributed by atoms with van der Waals surface area (Å²) in [5, 5.41) is 4.51. The van der Waals surface area contributed by atoms with Gasteiger partial charge in [0.25, 0.3) is 0 Å². The molecule has 8 nitrogen and oxygen atoms in total. The number of ether oxygens (including phenoxy) is 3. The Hall–Kier alpha value is -3.46. The van der Waals surface area contributed by atoms with E-state index in [-0.39, 0.29) is 11.7 Å². The Morgan fingerprint density at radius 3 is 2.57 bits per heavy atom. The van der Waals surface area contributed by atoms with Crippen molar-refractivity contribution < 1.29 is 19.0 Å². The Balaban J connectivity index is 1.53. The van der Waals surface area contributed by atoms with Gasteiger partial charge in [-0.05, 0) is 30.3 Å². The maximum atomic E-state index is 12.5. The van der Waals surface area contributed by atoms with E-state index in [9.17, 15) is 4.79 Å². The third kappa shape index (κ3) is 3.84. The second-order valence-electron chi connectivity index (χ2n) is 6.34. The predicted molar refractivity (Wildman–Crippen MR) is 117 cm³/mol. The van der Waals surface area contributed by atoms with Crippen molar-refractivity contribution in [2.75, 3.05) is 32.4 Å². The van der Waals surface area contributed by atoms with Crippen molar-refractivity contribution in [2.45, 2.75) is 5.03 Å². The number of hydrogen-bond donors (Lipinski definition) is 2. The number of nitrogens with zero attached hydrogens (tertiary/aromatic N) is 2. The van der Waals surface area contributed by atoms with Gasteiger partial charge in [0.05, 0.1) is 38.3 Å². The smallest absolute Gasteiger partial charge is 0.234 e. The van der Waals surface area contributed by atoms with Crippen molar-refractivity contribution in [1.82, 2.24) is 15.0 Å². The average Bonchev–Trinajstić information content (AvgIpc) is 3.16. The third-order valence-corrected chi connectivity index (χ3v) is 5.57. The Kier molecular flexibility index (Phi) is 5.62. The summed E-state index contributed by atoms with van der Waals surface area (Å²) in [5.74, 6) is 1.94. The van der Waals surface area contributed by atoms with Crippen LogP contribution in [0.3, 0.4) is 0 Å². The Morgan fingerprint density at radius 1 is 1.03 bits per heavy atom. The molecular formula is C21H20N4O4S. The molecule has 4 rings (SSSR count). The van der Waals surface area contributed by atoms with E-state index in [1.807, 2.05) is 18.2 Å². The molecule has 9 heteroatoms. The van der Waals surface area contributed by atoms with Crippen LogP contribution in [0.4, 0.5) is 5.69 Å². The topological polar surface area (TPSA) is 98.4 Å². The zero-order valence-electron chi connectivity index (χ0n) is 16.7. The van der Waals surface area contributed by atoms with Gasteiger partial charge in [-0.1, -0.05) is 11.8 Å². The van der Waals surface area contributed by atoms with Crippen LogP contribution in [0, 0.1) is 0 Å². The van der Waals surface area contributed by atoms with Gasteiger partial charge in [0.1, 0.15) is 34.1 Å². The summed E-state index contributed by atoms with van der Waals surface area (Å²) in [7, 11) is 4.75. The molecule has 2 N–H and O–H groups in total. The van der Waals surface area contributed by atoms with E-state index in [0.717, 1.165) is 27.7 Å². The monoisotopic (exact) mass is 424 g/mol. The molecule has 0 spiro atoms. The van der Waals surface area contributed by atoms with Gasteiger partial charge in [-0.25, -0.2) is 9.97 Å². The Morgan fingerprint density at radius 2 is 1.80 bits per heavy atom. The average molecular weight is 424 g/mol. The first-order valence-corrected chi connectivity index (χ1v) is 10.1. The van der Waals surface area contributed by atoms with E-state index < -0.39 is 0 Å². The third-order valence-electron chi connectivity index (χ3n) is 4.58. The van der Waals surface area contributed by atoms with Crippen molar-refractivity contribution in [3.63, 3.8) is 0 Å². The highest BCUT2D eigenvalue weighted by molar-refractivity contribution is 8.00. The van der Waals surface area contributed by atoms with Gasteiger partial charge >= 0.3 is 0 Å². The second-order valence-corrected chi connectivity index (χ2v) is 7.31. The van der Waals surface area contributed by atoms with Crippen molar-refractivity contribution >= 4 is 45.3 Å². The van der Waals surface area contributed by atoms with E-state index >= 15 is 0 Å². The first kappa shape index (κ1) is 19.8. The van der Waals surface area contributed by atoms with Crippen LogP contribution in [0.5, 0.6) is 17.2 Å². The molecule has 30 heavy (non-hydrogen) atoms. The lowest BCUT2D eigenvalue weighted by Crippen LogP contribution is -2.14. The molecule has 4 aromatic rings. The lowest BCUT2D eigenvalue weighted by Gasteiger charge is -2.11. The minimum Gasteiger partial charge on any atom is -0.497 e. The second kappa shape index (κ2) is 8.50. The largest absolute Gasteiger partial charge is 0.497 e. The van der Waals surface area contributed by atoms with Gasteiger partial charge in [0, 0.05) is 17.0 Å². The van der Waals surface area contributed by atoms with Crippen LogP contribution < -0.4 is 19.5 Å². The maximum absolute atomic E-state index is 12.5. The first-order chi connectivity index (χ1) is 14.6. The van der Waals surface area contributed by atoms with Crippen LogP contribution in [0.2, 0.25) is 0 Å². The Labute approximate surface area is 177 Å². The summed E-state index contributed by atoms with van der Waals surface area (Å²) in [6, 6.07) is 11.0. The number of aromatic amines is 1. The quantitative estimate of drug-likeness (QED) is 0.343. The number of hydrogen-bond acceptors (Lipinski definition) is 7. The van der Waals surface area contributed by atoms with Crippen molar-refractivity contribution in [2.24, 2.45) is 0 Å². The van der Waals surface area contributed by atoms with Crippen LogP contribution in [-0.2, 0) is 4.79 Å². The molecule has 154 valence electrons. The van der Waals surface area contributed by atoms with E-state index in [1.54, 1.807) is 39.5 Å². The number of fused-ring (bicyclic) bond motifs is 3. The van der Waals surface area contributed by atoms with Gasteiger partial charge < -0.3 is 24.5 Å². The molecule has 2 aromatic carbocycles. The van der Waals surface area contributed by atoms with E-state index in [2.05, 4.69) is 20.3 Å². The normalized spacial score (nSPS) is 10.9. The number of aromatic nitrogens is 3. The minimum absolute atomic E-state index is 0.173. The molecule has 0 atom stereocenters. The summed E-state index contributed by atoms with van der Waals surface area (Å²) in [4.78, 5) is 24.6. The molecule has 0 saturated carbocycles. The lowest BCUT2D eigenvalue weighted by atomic mass is 10.2. The fourth-order valence-corrected chi connectivity index (χ4v) is 3.86. The van der Waals surface area contributed by atoms with Crippen LogP contribution in [0.15, 0.2) is 47.8 Å². The SMILES string of the molecule is COc1ccc(NC(=O)CSc2ncnc3c2[nH]c2ccc(OC)cc23)c(OC)c1. The molecule has 0 fully saturated rings. The Bertz CT molecular complexity index is 1220. The molecule has 0 unspecified atom stereocenters. The van der Waals surface area contributed by atoms with E-state index in [1.165, 1.54) is 18.1 Å². The summed E-state index contributed by atoms with van der Waals surface area (Å²) in [5.41, 5.74) is 3.09. The van der Waals surface area contributed by atoms with E-state index in [0.29, 0.717) is 22.2 Å². The molecule has 1 amide bonds. The van der Waals surface area contributed by atoms with Crippen molar-refractivity contribution in [3.8, 4) is 17.2 Å². The molecule has 0 bridgehead atoms. The lowest BCUT2D eigenvalue weighted by molar-refractivity contribution is -0.113. The van der Waals surface area contributed by atoms with E-state index in [4.69, 9.17) is 14.2 Å². The molecular weight excluding hydrogens is 404 g/mol. The number of nitrogens with one attached hydrogen (secondary N) is 2. The fourth-order valence-electron chi connectivity index (χ4n) is 3.11. The standard InChI is InChI=1S/C21H20N4O4S/c1-27-12-4-6-15-14(8-12)19-20(25-15)21(23-11-22-19)30-10-18(26)24-16-7-5-13(28-2)9-17(16)29-3/h4-9,11,25H,10H2,1-3H3,(H,24,26). The molecule has 0 saturated heterocycles. The zero-order valence-corrected chi connectivity index (χ0v) is 17.5. The van der Waals surface area contributed by atoms with Crippen LogP contribution in [-0.4, -0.2) is 47.9 Å². The molecule has 0 radical (unpaired) electrons.